The molecular weight excluding hydrogens is 321 g/mol. The van der Waals surface area contributed by atoms with Crippen molar-refractivity contribution in [2.24, 2.45) is 0 Å². The van der Waals surface area contributed by atoms with Gasteiger partial charge in [-0.3, -0.25) is 0 Å². The Bertz CT molecular complexity index is 911. The predicted molar refractivity (Wildman–Crippen MR) is 81.0 cm³/mol. The lowest BCUT2D eigenvalue weighted by atomic mass is 10.1. The van der Waals surface area contributed by atoms with Crippen molar-refractivity contribution >= 4 is 29.7 Å². The van der Waals surface area contributed by atoms with Crippen molar-refractivity contribution in [3.8, 4) is 12.1 Å². The fourth-order valence-electron chi connectivity index (χ4n) is 1.78. The van der Waals surface area contributed by atoms with E-state index in [2.05, 4.69) is 4.98 Å². The Kier molecular flexibility index (Phi) is 4.70. The van der Waals surface area contributed by atoms with Gasteiger partial charge in [-0.1, -0.05) is 23.7 Å². The number of rotatable bonds is 3. The number of nitrogens with zero attached hydrogens (tertiary/aromatic N) is 3. The average molecular weight is 328 g/mol. The van der Waals surface area contributed by atoms with Gasteiger partial charge < -0.3 is 5.11 Å². The van der Waals surface area contributed by atoms with Gasteiger partial charge >= 0.3 is 5.97 Å². The SMILES string of the molecule is N#Cc1ccc(C(=O)O)nc1/C=C/c1ccc(F)c(C#N)c1Cl. The second-order valence-electron chi connectivity index (χ2n) is 4.32. The van der Waals surface area contributed by atoms with Crippen LogP contribution in [0.2, 0.25) is 5.02 Å². The lowest BCUT2D eigenvalue weighted by molar-refractivity contribution is 0.0690. The van der Waals surface area contributed by atoms with Crippen LogP contribution < -0.4 is 0 Å². The molecule has 0 atom stereocenters. The number of benzene rings is 1. The van der Waals surface area contributed by atoms with E-state index in [0.29, 0.717) is 5.56 Å². The van der Waals surface area contributed by atoms with Crippen molar-refractivity contribution in [2.45, 2.75) is 0 Å². The number of aromatic nitrogens is 1. The molecule has 0 aliphatic heterocycles. The van der Waals surface area contributed by atoms with Crippen LogP contribution in [-0.2, 0) is 0 Å². The fourth-order valence-corrected chi connectivity index (χ4v) is 2.04. The molecule has 0 aliphatic rings. The van der Waals surface area contributed by atoms with E-state index in [0.717, 1.165) is 6.07 Å². The summed E-state index contributed by atoms with van der Waals surface area (Å²) in [5.41, 5.74) is 0.139. The minimum absolute atomic E-state index is 0.0725. The molecule has 112 valence electrons. The highest BCUT2D eigenvalue weighted by molar-refractivity contribution is 6.33. The molecule has 1 aromatic carbocycles. The van der Waals surface area contributed by atoms with Crippen molar-refractivity contribution < 1.29 is 14.3 Å². The van der Waals surface area contributed by atoms with Gasteiger partial charge in [0, 0.05) is 0 Å². The lowest BCUT2D eigenvalue weighted by Gasteiger charge is -2.03. The first-order chi connectivity index (χ1) is 11.0. The van der Waals surface area contributed by atoms with Crippen LogP contribution in [0.1, 0.15) is 32.9 Å². The van der Waals surface area contributed by atoms with E-state index < -0.39 is 11.8 Å². The molecule has 0 saturated carbocycles. The number of carbonyl (C=O) groups is 1. The molecule has 0 spiro atoms. The summed E-state index contributed by atoms with van der Waals surface area (Å²) < 4.78 is 13.4. The van der Waals surface area contributed by atoms with Crippen molar-refractivity contribution in [2.75, 3.05) is 0 Å². The van der Waals surface area contributed by atoms with Crippen LogP contribution in [-0.4, -0.2) is 16.1 Å². The van der Waals surface area contributed by atoms with Gasteiger partial charge in [0.15, 0.2) is 0 Å². The maximum absolute atomic E-state index is 13.4. The third-order valence-electron chi connectivity index (χ3n) is 2.92. The van der Waals surface area contributed by atoms with Gasteiger partial charge in [-0.2, -0.15) is 10.5 Å². The zero-order chi connectivity index (χ0) is 17.0. The lowest BCUT2D eigenvalue weighted by Crippen LogP contribution is -2.02. The molecule has 5 nitrogen and oxygen atoms in total. The summed E-state index contributed by atoms with van der Waals surface area (Å²) in [6, 6.07) is 8.57. The number of nitriles is 2. The zero-order valence-corrected chi connectivity index (χ0v) is 12.2. The molecule has 0 amide bonds. The molecule has 1 aromatic heterocycles. The molecular formula is C16H7ClFN3O2. The van der Waals surface area contributed by atoms with Gasteiger partial charge in [-0.05, 0) is 29.8 Å². The summed E-state index contributed by atoms with van der Waals surface area (Å²) >= 11 is 5.94. The van der Waals surface area contributed by atoms with E-state index in [4.69, 9.17) is 27.2 Å². The zero-order valence-electron chi connectivity index (χ0n) is 11.4. The maximum atomic E-state index is 13.4. The summed E-state index contributed by atoms with van der Waals surface area (Å²) in [4.78, 5) is 14.8. The highest BCUT2D eigenvalue weighted by Crippen LogP contribution is 2.25. The molecule has 2 aromatic rings. The molecule has 7 heteroatoms. The van der Waals surface area contributed by atoms with Crippen LogP contribution in [0.15, 0.2) is 24.3 Å². The summed E-state index contributed by atoms with van der Waals surface area (Å²) in [5, 5.41) is 26.8. The molecule has 23 heavy (non-hydrogen) atoms. The molecule has 0 fully saturated rings. The van der Waals surface area contributed by atoms with Crippen molar-refractivity contribution in [1.82, 2.24) is 4.98 Å². The van der Waals surface area contributed by atoms with E-state index in [-0.39, 0.29) is 27.5 Å². The van der Waals surface area contributed by atoms with E-state index in [1.54, 1.807) is 6.07 Å². The van der Waals surface area contributed by atoms with Gasteiger partial charge in [0.2, 0.25) is 0 Å². The summed E-state index contributed by atoms with van der Waals surface area (Å²) in [6.45, 7) is 0. The van der Waals surface area contributed by atoms with Crippen LogP contribution in [0, 0.1) is 28.5 Å². The van der Waals surface area contributed by atoms with Crippen LogP contribution in [0.5, 0.6) is 0 Å². The number of hydrogen-bond donors (Lipinski definition) is 1. The van der Waals surface area contributed by atoms with E-state index >= 15 is 0 Å². The first-order valence-corrected chi connectivity index (χ1v) is 6.56. The highest BCUT2D eigenvalue weighted by atomic mass is 35.5. The van der Waals surface area contributed by atoms with Gasteiger partial charge in [0.25, 0.3) is 0 Å². The van der Waals surface area contributed by atoms with E-state index in [9.17, 15) is 9.18 Å². The Morgan fingerprint density at radius 3 is 2.57 bits per heavy atom. The summed E-state index contributed by atoms with van der Waals surface area (Å²) in [6.07, 6.45) is 2.81. The first-order valence-electron chi connectivity index (χ1n) is 6.18. The fraction of sp³-hybridized carbons (Fsp3) is 0. The first kappa shape index (κ1) is 16.2. The Morgan fingerprint density at radius 2 is 1.96 bits per heavy atom. The number of hydrogen-bond acceptors (Lipinski definition) is 4. The van der Waals surface area contributed by atoms with Gasteiger partial charge in [-0.15, -0.1) is 0 Å². The normalized spacial score (nSPS) is 10.3. The minimum atomic E-state index is -1.23. The minimum Gasteiger partial charge on any atom is -0.477 e. The molecule has 0 bridgehead atoms. The third kappa shape index (κ3) is 3.34. The van der Waals surface area contributed by atoms with E-state index in [1.807, 2.05) is 6.07 Å². The average Bonchev–Trinajstić information content (AvgIpc) is 2.54. The Labute approximate surface area is 135 Å². The largest absolute Gasteiger partial charge is 0.477 e. The van der Waals surface area contributed by atoms with Crippen LogP contribution in [0.3, 0.4) is 0 Å². The summed E-state index contributed by atoms with van der Waals surface area (Å²) in [7, 11) is 0. The van der Waals surface area contributed by atoms with Gasteiger partial charge in [-0.25, -0.2) is 14.2 Å². The molecule has 0 unspecified atom stereocenters. The predicted octanol–water partition coefficient (Wildman–Crippen LogP) is 3.49. The maximum Gasteiger partial charge on any atom is 0.354 e. The van der Waals surface area contributed by atoms with Crippen LogP contribution in [0.4, 0.5) is 4.39 Å². The monoisotopic (exact) mass is 327 g/mol. The second-order valence-corrected chi connectivity index (χ2v) is 4.69. The third-order valence-corrected chi connectivity index (χ3v) is 3.33. The number of aromatic carboxylic acids is 1. The smallest absolute Gasteiger partial charge is 0.354 e. The highest BCUT2D eigenvalue weighted by Gasteiger charge is 2.11. The second kappa shape index (κ2) is 6.69. The van der Waals surface area contributed by atoms with Crippen LogP contribution in [0.25, 0.3) is 12.2 Å². The number of carboxylic acid groups (broad SMARTS) is 1. The Morgan fingerprint density at radius 1 is 1.22 bits per heavy atom. The molecule has 0 radical (unpaired) electrons. The number of pyridine rings is 1. The van der Waals surface area contributed by atoms with Crippen molar-refractivity contribution in [3.63, 3.8) is 0 Å². The molecule has 0 aliphatic carbocycles. The Hall–Kier alpha value is -3.22. The van der Waals surface area contributed by atoms with Gasteiger partial charge in [0.05, 0.1) is 16.3 Å². The molecule has 0 saturated heterocycles. The number of carboxylic acids is 1. The van der Waals surface area contributed by atoms with Crippen molar-refractivity contribution in [3.05, 3.63) is 63.2 Å². The van der Waals surface area contributed by atoms with Crippen molar-refractivity contribution in [1.29, 1.82) is 10.5 Å². The molecule has 2 rings (SSSR count). The Balaban J connectivity index is 2.50. The summed E-state index contributed by atoms with van der Waals surface area (Å²) in [5.74, 6) is -1.96. The van der Waals surface area contributed by atoms with Gasteiger partial charge in [0.1, 0.15) is 29.2 Å². The van der Waals surface area contributed by atoms with Crippen LogP contribution >= 0.6 is 11.6 Å². The molecule has 1 N–H and O–H groups in total. The standard InChI is InChI=1S/C16H7ClFN3O2/c17-15-9(1-4-12(18)11(15)8-20)2-5-13-10(7-19)3-6-14(21-13)16(22)23/h1-6H,(H,22,23)/b5-2+. The number of halogens is 2. The van der Waals surface area contributed by atoms with E-state index in [1.165, 1.54) is 30.4 Å². The topological polar surface area (TPSA) is 97.8 Å². The molecule has 1 heterocycles. The quantitative estimate of drug-likeness (QED) is 0.930.